The Kier molecular flexibility index (Phi) is 3.30. The van der Waals surface area contributed by atoms with Crippen molar-refractivity contribution in [2.75, 3.05) is 24.5 Å². The Morgan fingerprint density at radius 3 is 2.84 bits per heavy atom. The monoisotopic (exact) mass is 258 g/mol. The second-order valence-corrected chi connectivity index (χ2v) is 6.60. The van der Waals surface area contributed by atoms with Crippen LogP contribution >= 0.6 is 0 Å². The number of nitrogens with one attached hydrogen (secondary N) is 1. The molecule has 1 atom stereocenters. The second-order valence-electron chi connectivity index (χ2n) is 6.60. The third kappa shape index (κ3) is 2.51. The normalized spacial score (nSPS) is 25.4. The summed E-state index contributed by atoms with van der Waals surface area (Å²) in [5.41, 5.74) is 5.01. The molecule has 1 aliphatic heterocycles. The highest BCUT2D eigenvalue weighted by molar-refractivity contribution is 5.60. The van der Waals surface area contributed by atoms with E-state index in [1.54, 1.807) is 0 Å². The standard InChI is InChI=1S/C17H26N2/c1-4-15-7-5-6-13(2)16(15)19-10-14(3)18-11-17(12-19)8-9-17/h5-7,14,18H,4,8-12H2,1-3H3. The van der Waals surface area contributed by atoms with Crippen molar-refractivity contribution >= 4 is 5.69 Å². The van der Waals surface area contributed by atoms with Crippen LogP contribution in [0.2, 0.25) is 0 Å². The third-order valence-electron chi connectivity index (χ3n) is 4.82. The van der Waals surface area contributed by atoms with Gasteiger partial charge in [-0.15, -0.1) is 0 Å². The molecule has 1 saturated carbocycles. The summed E-state index contributed by atoms with van der Waals surface area (Å²) in [4.78, 5) is 2.66. The third-order valence-corrected chi connectivity index (χ3v) is 4.82. The Bertz CT molecular complexity index is 462. The summed E-state index contributed by atoms with van der Waals surface area (Å²) in [6, 6.07) is 7.34. The molecule has 1 spiro atoms. The summed E-state index contributed by atoms with van der Waals surface area (Å²) in [5, 5.41) is 3.71. The lowest BCUT2D eigenvalue weighted by molar-refractivity contribution is 0.479. The van der Waals surface area contributed by atoms with Crippen LogP contribution in [0.5, 0.6) is 0 Å². The van der Waals surface area contributed by atoms with Gasteiger partial charge in [-0.1, -0.05) is 25.1 Å². The molecule has 3 rings (SSSR count). The van der Waals surface area contributed by atoms with E-state index < -0.39 is 0 Å². The van der Waals surface area contributed by atoms with Crippen LogP contribution in [0.15, 0.2) is 18.2 Å². The number of aryl methyl sites for hydroxylation is 2. The summed E-state index contributed by atoms with van der Waals surface area (Å²) >= 11 is 0. The molecule has 1 saturated heterocycles. The van der Waals surface area contributed by atoms with Crippen LogP contribution in [0.3, 0.4) is 0 Å². The van der Waals surface area contributed by atoms with Crippen LogP contribution in [-0.4, -0.2) is 25.7 Å². The van der Waals surface area contributed by atoms with Gasteiger partial charge in [-0.05, 0) is 44.2 Å². The largest absolute Gasteiger partial charge is 0.369 e. The van der Waals surface area contributed by atoms with Gasteiger partial charge in [-0.2, -0.15) is 0 Å². The van der Waals surface area contributed by atoms with E-state index >= 15 is 0 Å². The molecule has 2 nitrogen and oxygen atoms in total. The van der Waals surface area contributed by atoms with Gasteiger partial charge in [-0.25, -0.2) is 0 Å². The fourth-order valence-corrected chi connectivity index (χ4v) is 3.45. The van der Waals surface area contributed by atoms with Crippen molar-refractivity contribution < 1.29 is 0 Å². The Balaban J connectivity index is 1.95. The molecule has 0 radical (unpaired) electrons. The molecular weight excluding hydrogens is 232 g/mol. The van der Waals surface area contributed by atoms with E-state index in [4.69, 9.17) is 0 Å². The molecule has 2 heteroatoms. The van der Waals surface area contributed by atoms with Crippen LogP contribution < -0.4 is 10.2 Å². The lowest BCUT2D eigenvalue weighted by atomic mass is 10.0. The average Bonchev–Trinajstić information content (AvgIpc) is 3.17. The molecule has 1 unspecified atom stereocenters. The zero-order valence-electron chi connectivity index (χ0n) is 12.5. The first kappa shape index (κ1) is 13.0. The molecule has 19 heavy (non-hydrogen) atoms. The van der Waals surface area contributed by atoms with E-state index in [-0.39, 0.29) is 0 Å². The first-order valence-corrected chi connectivity index (χ1v) is 7.70. The van der Waals surface area contributed by atoms with Crippen molar-refractivity contribution in [2.45, 2.75) is 46.1 Å². The SMILES string of the molecule is CCc1cccc(C)c1N1CC(C)NCC2(CC2)C1. The molecule has 0 aromatic heterocycles. The predicted molar refractivity (Wildman–Crippen MR) is 81.9 cm³/mol. The minimum atomic E-state index is 0.568. The first-order valence-electron chi connectivity index (χ1n) is 7.70. The van der Waals surface area contributed by atoms with E-state index in [0.29, 0.717) is 11.5 Å². The maximum Gasteiger partial charge on any atom is 0.0429 e. The van der Waals surface area contributed by atoms with Crippen molar-refractivity contribution in [1.82, 2.24) is 5.32 Å². The van der Waals surface area contributed by atoms with Gasteiger partial charge >= 0.3 is 0 Å². The molecule has 1 aliphatic carbocycles. The Labute approximate surface area is 117 Å². The Hall–Kier alpha value is -1.02. The Morgan fingerprint density at radius 1 is 1.37 bits per heavy atom. The van der Waals surface area contributed by atoms with Crippen LogP contribution in [0.25, 0.3) is 0 Å². The van der Waals surface area contributed by atoms with Crippen LogP contribution in [0.1, 0.15) is 37.8 Å². The van der Waals surface area contributed by atoms with E-state index in [9.17, 15) is 0 Å². The van der Waals surface area contributed by atoms with Crippen LogP contribution in [0, 0.1) is 12.3 Å². The van der Waals surface area contributed by atoms with Crippen LogP contribution in [-0.2, 0) is 6.42 Å². The second kappa shape index (κ2) is 4.82. The van der Waals surface area contributed by atoms with Gasteiger partial charge in [0.25, 0.3) is 0 Å². The molecule has 0 bridgehead atoms. The molecule has 0 amide bonds. The van der Waals surface area contributed by atoms with Gasteiger partial charge in [0.2, 0.25) is 0 Å². The molecule has 2 fully saturated rings. The van der Waals surface area contributed by atoms with Gasteiger partial charge in [0.15, 0.2) is 0 Å². The maximum absolute atomic E-state index is 3.71. The molecule has 1 N–H and O–H groups in total. The summed E-state index contributed by atoms with van der Waals surface area (Å²) < 4.78 is 0. The molecule has 104 valence electrons. The highest BCUT2D eigenvalue weighted by Gasteiger charge is 2.45. The molecular formula is C17H26N2. The summed E-state index contributed by atoms with van der Waals surface area (Å²) in [6.07, 6.45) is 3.93. The highest BCUT2D eigenvalue weighted by Crippen LogP contribution is 2.47. The zero-order valence-corrected chi connectivity index (χ0v) is 12.5. The van der Waals surface area contributed by atoms with Crippen molar-refractivity contribution in [1.29, 1.82) is 0 Å². The summed E-state index contributed by atoms with van der Waals surface area (Å²) in [5.74, 6) is 0. The van der Waals surface area contributed by atoms with Gasteiger partial charge < -0.3 is 10.2 Å². The van der Waals surface area contributed by atoms with Gasteiger partial charge in [-0.3, -0.25) is 0 Å². The van der Waals surface area contributed by atoms with Gasteiger partial charge in [0.05, 0.1) is 0 Å². The van der Waals surface area contributed by atoms with Crippen LogP contribution in [0.4, 0.5) is 5.69 Å². The molecule has 1 heterocycles. The minimum Gasteiger partial charge on any atom is -0.369 e. The van der Waals surface area contributed by atoms with Gasteiger partial charge in [0, 0.05) is 36.8 Å². The summed E-state index contributed by atoms with van der Waals surface area (Å²) in [6.45, 7) is 10.4. The summed E-state index contributed by atoms with van der Waals surface area (Å²) in [7, 11) is 0. The van der Waals surface area contributed by atoms with E-state index in [0.717, 1.165) is 13.0 Å². The lowest BCUT2D eigenvalue weighted by Gasteiger charge is -2.30. The fraction of sp³-hybridized carbons (Fsp3) is 0.647. The number of anilines is 1. The van der Waals surface area contributed by atoms with Crippen molar-refractivity contribution in [3.8, 4) is 0 Å². The van der Waals surface area contributed by atoms with Crippen molar-refractivity contribution in [2.24, 2.45) is 5.41 Å². The lowest BCUT2D eigenvalue weighted by Crippen LogP contribution is -2.36. The number of nitrogens with zero attached hydrogens (tertiary/aromatic N) is 1. The predicted octanol–water partition coefficient (Wildman–Crippen LogP) is 3.14. The zero-order chi connectivity index (χ0) is 13.5. The maximum atomic E-state index is 3.71. The van der Waals surface area contributed by atoms with E-state index in [2.05, 4.69) is 49.2 Å². The number of rotatable bonds is 2. The number of hydrogen-bond donors (Lipinski definition) is 1. The molecule has 1 aromatic rings. The van der Waals surface area contributed by atoms with E-state index in [1.807, 2.05) is 0 Å². The van der Waals surface area contributed by atoms with E-state index in [1.165, 1.54) is 42.7 Å². The molecule has 2 aliphatic rings. The van der Waals surface area contributed by atoms with Crippen molar-refractivity contribution in [3.63, 3.8) is 0 Å². The topological polar surface area (TPSA) is 15.3 Å². The number of para-hydroxylation sites is 1. The quantitative estimate of drug-likeness (QED) is 0.876. The Morgan fingerprint density at radius 2 is 2.16 bits per heavy atom. The van der Waals surface area contributed by atoms with Crippen molar-refractivity contribution in [3.05, 3.63) is 29.3 Å². The average molecular weight is 258 g/mol. The number of benzene rings is 1. The van der Waals surface area contributed by atoms with Gasteiger partial charge in [0.1, 0.15) is 0 Å². The molecule has 1 aromatic carbocycles. The fourth-order valence-electron chi connectivity index (χ4n) is 3.45. The number of hydrogen-bond acceptors (Lipinski definition) is 2. The highest BCUT2D eigenvalue weighted by atomic mass is 15.2. The smallest absolute Gasteiger partial charge is 0.0429 e. The minimum absolute atomic E-state index is 0.568. The first-order chi connectivity index (χ1) is 9.13.